The van der Waals surface area contributed by atoms with Crippen molar-refractivity contribution in [1.82, 2.24) is 0 Å². The van der Waals surface area contributed by atoms with E-state index in [1.165, 1.54) is 16.7 Å². The molecule has 1 aliphatic carbocycles. The van der Waals surface area contributed by atoms with Gasteiger partial charge in [0.15, 0.2) is 0 Å². The van der Waals surface area contributed by atoms with Gasteiger partial charge < -0.3 is 9.47 Å². The molecule has 2 aromatic rings. The Morgan fingerprint density at radius 1 is 1.15 bits per heavy atom. The summed E-state index contributed by atoms with van der Waals surface area (Å²) in [4.78, 5) is 0. The maximum absolute atomic E-state index is 6.07. The summed E-state index contributed by atoms with van der Waals surface area (Å²) in [5.41, 5.74) is 3.91. The Balaban J connectivity index is 1.65. The number of hydrogen-bond donors (Lipinski definition) is 0. The van der Waals surface area contributed by atoms with E-state index >= 15 is 0 Å². The van der Waals surface area contributed by atoms with Gasteiger partial charge in [0.25, 0.3) is 0 Å². The van der Waals surface area contributed by atoms with Gasteiger partial charge in [0.2, 0.25) is 0 Å². The molecule has 1 unspecified atom stereocenters. The molecule has 0 N–H and O–H groups in total. The van der Waals surface area contributed by atoms with Crippen molar-refractivity contribution < 1.29 is 9.47 Å². The smallest absolute Gasteiger partial charge is 0.118 e. The molecule has 2 aromatic carbocycles. The number of hydrogen-bond acceptors (Lipinski definition) is 2. The molecule has 3 heteroatoms. The molecule has 0 spiro atoms. The summed E-state index contributed by atoms with van der Waals surface area (Å²) in [6.45, 7) is 0.643. The lowest BCUT2D eigenvalue weighted by molar-refractivity contribution is 0.0410. The molecule has 0 fully saturated rings. The number of halogens is 1. The second-order valence-electron chi connectivity index (χ2n) is 5.03. The molecule has 0 aromatic heterocycles. The number of rotatable bonds is 4. The van der Waals surface area contributed by atoms with Gasteiger partial charge in [0.05, 0.1) is 19.8 Å². The maximum Gasteiger partial charge on any atom is 0.118 e. The van der Waals surface area contributed by atoms with Crippen molar-refractivity contribution in [3.05, 3.63) is 63.6 Å². The van der Waals surface area contributed by atoms with E-state index in [-0.39, 0.29) is 6.10 Å². The van der Waals surface area contributed by atoms with E-state index in [1.54, 1.807) is 7.11 Å². The van der Waals surface area contributed by atoms with Crippen LogP contribution in [0, 0.1) is 0 Å². The fourth-order valence-corrected chi connectivity index (χ4v) is 3.05. The Morgan fingerprint density at radius 3 is 2.70 bits per heavy atom. The molecule has 0 saturated heterocycles. The Bertz CT molecular complexity index is 592. The minimum atomic E-state index is 0.222. The molecule has 0 radical (unpaired) electrons. The van der Waals surface area contributed by atoms with Crippen molar-refractivity contribution >= 4 is 15.9 Å². The highest BCUT2D eigenvalue weighted by atomic mass is 79.9. The number of methoxy groups -OCH3 is 1. The molecule has 0 bridgehead atoms. The second kappa shape index (κ2) is 5.98. The number of fused-ring (bicyclic) bond motifs is 1. The molecular weight excluding hydrogens is 316 g/mol. The van der Waals surface area contributed by atoms with E-state index < -0.39 is 0 Å². The highest BCUT2D eigenvalue weighted by Crippen LogP contribution is 2.36. The summed E-state index contributed by atoms with van der Waals surface area (Å²) in [6, 6.07) is 14.5. The molecule has 0 amide bonds. The zero-order chi connectivity index (χ0) is 13.9. The Kier molecular flexibility index (Phi) is 4.08. The van der Waals surface area contributed by atoms with Crippen LogP contribution in [0.25, 0.3) is 0 Å². The van der Waals surface area contributed by atoms with Gasteiger partial charge in [-0.15, -0.1) is 0 Å². The third-order valence-electron chi connectivity index (χ3n) is 3.74. The summed E-state index contributed by atoms with van der Waals surface area (Å²) in [7, 11) is 1.68. The first kappa shape index (κ1) is 13.7. The Hall–Kier alpha value is -1.32. The zero-order valence-electron chi connectivity index (χ0n) is 11.4. The summed E-state index contributed by atoms with van der Waals surface area (Å²) < 4.78 is 12.4. The highest BCUT2D eigenvalue weighted by Gasteiger charge is 2.22. The first-order valence-electron chi connectivity index (χ1n) is 6.79. The third-order valence-corrected chi connectivity index (χ3v) is 4.23. The van der Waals surface area contributed by atoms with E-state index in [0.717, 1.165) is 23.1 Å². The molecule has 0 saturated carbocycles. The van der Waals surface area contributed by atoms with Crippen molar-refractivity contribution in [2.24, 2.45) is 0 Å². The van der Waals surface area contributed by atoms with Gasteiger partial charge in [-0.2, -0.15) is 0 Å². The second-order valence-corrected chi connectivity index (χ2v) is 5.95. The van der Waals surface area contributed by atoms with Gasteiger partial charge in [-0.05, 0) is 53.8 Å². The van der Waals surface area contributed by atoms with Crippen LogP contribution in [0.4, 0.5) is 0 Å². The Labute approximate surface area is 127 Å². The zero-order valence-corrected chi connectivity index (χ0v) is 13.0. The molecular formula is C17H17BrO2. The average Bonchev–Trinajstić information content (AvgIpc) is 2.88. The first-order chi connectivity index (χ1) is 9.76. The van der Waals surface area contributed by atoms with Gasteiger partial charge in [-0.25, -0.2) is 0 Å². The lowest BCUT2D eigenvalue weighted by atomic mass is 10.1. The van der Waals surface area contributed by atoms with Gasteiger partial charge in [-0.3, -0.25) is 0 Å². The predicted octanol–water partition coefficient (Wildman–Crippen LogP) is 4.66. The van der Waals surface area contributed by atoms with Crippen molar-refractivity contribution in [3.63, 3.8) is 0 Å². The predicted molar refractivity (Wildman–Crippen MR) is 83.0 cm³/mol. The van der Waals surface area contributed by atoms with Crippen molar-refractivity contribution in [1.29, 1.82) is 0 Å². The topological polar surface area (TPSA) is 18.5 Å². The van der Waals surface area contributed by atoms with E-state index in [0.29, 0.717) is 6.61 Å². The maximum atomic E-state index is 6.07. The first-order valence-corrected chi connectivity index (χ1v) is 7.58. The molecule has 1 aliphatic rings. The molecule has 104 valence electrons. The molecule has 20 heavy (non-hydrogen) atoms. The SMILES string of the molecule is COc1ccc(COC2CCc3cc(Br)ccc32)cc1. The largest absolute Gasteiger partial charge is 0.497 e. The summed E-state index contributed by atoms with van der Waals surface area (Å²) in [5.74, 6) is 0.879. The van der Waals surface area contributed by atoms with Gasteiger partial charge >= 0.3 is 0 Å². The fourth-order valence-electron chi connectivity index (χ4n) is 2.64. The third kappa shape index (κ3) is 2.89. The summed E-state index contributed by atoms with van der Waals surface area (Å²) in [6.07, 6.45) is 2.39. The minimum absolute atomic E-state index is 0.222. The number of aryl methyl sites for hydroxylation is 1. The van der Waals surface area contributed by atoms with Gasteiger partial charge in [-0.1, -0.05) is 34.1 Å². The van der Waals surface area contributed by atoms with E-state index in [1.807, 2.05) is 12.1 Å². The van der Waals surface area contributed by atoms with Crippen molar-refractivity contribution in [2.75, 3.05) is 7.11 Å². The summed E-state index contributed by atoms with van der Waals surface area (Å²) >= 11 is 3.52. The van der Waals surface area contributed by atoms with E-state index in [9.17, 15) is 0 Å². The lowest BCUT2D eigenvalue weighted by Gasteiger charge is -2.13. The monoisotopic (exact) mass is 332 g/mol. The molecule has 3 rings (SSSR count). The van der Waals surface area contributed by atoms with Crippen LogP contribution in [0.3, 0.4) is 0 Å². The van der Waals surface area contributed by atoms with Crippen LogP contribution in [0.1, 0.15) is 29.2 Å². The number of ether oxygens (including phenoxy) is 2. The van der Waals surface area contributed by atoms with E-state index in [2.05, 4.69) is 46.3 Å². The van der Waals surface area contributed by atoms with Crippen LogP contribution < -0.4 is 4.74 Å². The molecule has 2 nitrogen and oxygen atoms in total. The van der Waals surface area contributed by atoms with Crippen molar-refractivity contribution in [2.45, 2.75) is 25.6 Å². The standard InChI is InChI=1S/C17H17BrO2/c1-19-15-6-2-12(3-7-15)11-20-17-9-4-13-10-14(18)5-8-16(13)17/h2-3,5-8,10,17H,4,9,11H2,1H3. The minimum Gasteiger partial charge on any atom is -0.497 e. The molecule has 0 aliphatic heterocycles. The van der Waals surface area contributed by atoms with Gasteiger partial charge in [0, 0.05) is 4.47 Å². The number of benzene rings is 2. The Morgan fingerprint density at radius 2 is 1.95 bits per heavy atom. The lowest BCUT2D eigenvalue weighted by Crippen LogP contribution is -2.00. The fraction of sp³-hybridized carbons (Fsp3) is 0.294. The van der Waals surface area contributed by atoms with Crippen LogP contribution in [-0.4, -0.2) is 7.11 Å². The molecule has 0 heterocycles. The van der Waals surface area contributed by atoms with Crippen LogP contribution in [0.2, 0.25) is 0 Å². The quantitative estimate of drug-likeness (QED) is 0.810. The van der Waals surface area contributed by atoms with Crippen molar-refractivity contribution in [3.8, 4) is 5.75 Å². The highest BCUT2D eigenvalue weighted by molar-refractivity contribution is 9.10. The van der Waals surface area contributed by atoms with Crippen LogP contribution in [0.5, 0.6) is 5.75 Å². The normalized spacial score (nSPS) is 17.0. The summed E-state index contributed by atoms with van der Waals surface area (Å²) in [5, 5.41) is 0. The van der Waals surface area contributed by atoms with Gasteiger partial charge in [0.1, 0.15) is 5.75 Å². The molecule has 1 atom stereocenters. The average molecular weight is 333 g/mol. The van der Waals surface area contributed by atoms with Crippen LogP contribution in [-0.2, 0) is 17.8 Å². The van der Waals surface area contributed by atoms with E-state index in [4.69, 9.17) is 9.47 Å². The van der Waals surface area contributed by atoms with Crippen LogP contribution in [0.15, 0.2) is 46.9 Å². The van der Waals surface area contributed by atoms with Crippen LogP contribution >= 0.6 is 15.9 Å².